The van der Waals surface area contributed by atoms with Crippen molar-refractivity contribution < 1.29 is 4.79 Å². The maximum Gasteiger partial charge on any atom is 0.174 e. The molecule has 0 N–H and O–H groups in total. The van der Waals surface area contributed by atoms with Crippen molar-refractivity contribution in [3.63, 3.8) is 0 Å². The molecule has 0 radical (unpaired) electrons. The molecule has 0 fully saturated rings. The highest BCUT2D eigenvalue weighted by Crippen LogP contribution is 2.35. The molecule has 0 saturated heterocycles. The minimum Gasteiger partial charge on any atom is -0.293 e. The Kier molecular flexibility index (Phi) is 2.63. The minimum atomic E-state index is 0.239. The van der Waals surface area contributed by atoms with Gasteiger partial charge < -0.3 is 0 Å². The molecule has 0 aliphatic heterocycles. The molecule has 1 aliphatic rings. The number of ketones is 1. The van der Waals surface area contributed by atoms with Crippen molar-refractivity contribution >= 4 is 27.9 Å². The molecule has 4 rings (SSSR count). The number of aromatic nitrogens is 2. The van der Waals surface area contributed by atoms with Crippen LogP contribution in [-0.2, 0) is 6.42 Å². The lowest BCUT2D eigenvalue weighted by atomic mass is 10.0. The number of nitrogens with zero attached hydrogens (tertiary/aromatic N) is 2. The first-order valence-corrected chi connectivity index (χ1v) is 7.50. The van der Waals surface area contributed by atoms with Crippen LogP contribution in [0.15, 0.2) is 36.7 Å². The van der Waals surface area contributed by atoms with Crippen molar-refractivity contribution in [1.82, 2.24) is 9.97 Å². The van der Waals surface area contributed by atoms with Gasteiger partial charge in [0.05, 0.1) is 10.6 Å². The Morgan fingerprint density at radius 3 is 2.90 bits per heavy atom. The van der Waals surface area contributed by atoms with Crippen molar-refractivity contribution in [2.45, 2.75) is 19.3 Å². The second-order valence-electron chi connectivity index (χ2n) is 4.98. The molecule has 0 atom stereocenters. The van der Waals surface area contributed by atoms with Crippen LogP contribution in [-0.4, -0.2) is 15.8 Å². The van der Waals surface area contributed by atoms with E-state index in [2.05, 4.69) is 16.0 Å². The second-order valence-corrected chi connectivity index (χ2v) is 5.98. The molecule has 20 heavy (non-hydrogen) atoms. The molecule has 2 aromatic heterocycles. The summed E-state index contributed by atoms with van der Waals surface area (Å²) in [7, 11) is 0. The molecule has 3 nitrogen and oxygen atoms in total. The fourth-order valence-corrected chi connectivity index (χ4v) is 3.77. The number of pyridine rings is 1. The summed E-state index contributed by atoms with van der Waals surface area (Å²) in [4.78, 5) is 21.8. The number of hydrogen-bond donors (Lipinski definition) is 0. The summed E-state index contributed by atoms with van der Waals surface area (Å²) in [6, 6.07) is 8.15. The number of hydrogen-bond acceptors (Lipinski definition) is 4. The van der Waals surface area contributed by atoms with Crippen LogP contribution in [0.2, 0.25) is 0 Å². The largest absolute Gasteiger partial charge is 0.293 e. The first kappa shape index (κ1) is 11.7. The van der Waals surface area contributed by atoms with Crippen LogP contribution in [0.25, 0.3) is 21.3 Å². The van der Waals surface area contributed by atoms with E-state index in [-0.39, 0.29) is 5.78 Å². The zero-order valence-corrected chi connectivity index (χ0v) is 11.6. The van der Waals surface area contributed by atoms with E-state index in [0.29, 0.717) is 6.42 Å². The molecule has 2 heterocycles. The van der Waals surface area contributed by atoms with Crippen molar-refractivity contribution in [3.05, 3.63) is 47.2 Å². The highest BCUT2D eigenvalue weighted by Gasteiger charge is 2.23. The molecule has 4 heteroatoms. The van der Waals surface area contributed by atoms with E-state index < -0.39 is 0 Å². The SMILES string of the molecule is O=C1CCCc2nc(-c3cncc4ccccc34)sc21. The Hall–Kier alpha value is -2.07. The predicted molar refractivity (Wildman–Crippen MR) is 80.1 cm³/mol. The van der Waals surface area contributed by atoms with Gasteiger partial charge in [0.15, 0.2) is 5.78 Å². The average Bonchev–Trinajstić information content (AvgIpc) is 2.92. The van der Waals surface area contributed by atoms with Gasteiger partial charge in [-0.15, -0.1) is 11.3 Å². The van der Waals surface area contributed by atoms with E-state index in [4.69, 9.17) is 0 Å². The molecule has 1 aliphatic carbocycles. The summed E-state index contributed by atoms with van der Waals surface area (Å²) >= 11 is 1.51. The third-order valence-corrected chi connectivity index (χ3v) is 4.84. The average molecular weight is 280 g/mol. The molecular weight excluding hydrogens is 268 g/mol. The molecule has 0 amide bonds. The summed E-state index contributed by atoms with van der Waals surface area (Å²) in [6.45, 7) is 0. The van der Waals surface area contributed by atoms with Crippen molar-refractivity contribution in [2.24, 2.45) is 0 Å². The van der Waals surface area contributed by atoms with Gasteiger partial charge in [0.1, 0.15) is 5.01 Å². The van der Waals surface area contributed by atoms with Gasteiger partial charge >= 0.3 is 0 Å². The molecule has 98 valence electrons. The molecule has 0 saturated carbocycles. The summed E-state index contributed by atoms with van der Waals surface area (Å²) < 4.78 is 0. The highest BCUT2D eigenvalue weighted by molar-refractivity contribution is 7.17. The van der Waals surface area contributed by atoms with Crippen LogP contribution in [0.5, 0.6) is 0 Å². The Morgan fingerprint density at radius 2 is 2.00 bits per heavy atom. The molecule has 0 unspecified atom stereocenters. The van der Waals surface area contributed by atoms with Crippen molar-refractivity contribution in [1.29, 1.82) is 0 Å². The molecule has 3 aromatic rings. The first-order chi connectivity index (χ1) is 9.83. The van der Waals surface area contributed by atoms with E-state index in [9.17, 15) is 4.79 Å². The van der Waals surface area contributed by atoms with Crippen molar-refractivity contribution in [2.75, 3.05) is 0 Å². The zero-order chi connectivity index (χ0) is 13.5. The molecular formula is C16H12N2OS. The van der Waals surface area contributed by atoms with Gasteiger partial charge in [-0.25, -0.2) is 4.98 Å². The number of fused-ring (bicyclic) bond motifs is 2. The summed E-state index contributed by atoms with van der Waals surface area (Å²) in [5.41, 5.74) is 1.99. The third-order valence-electron chi connectivity index (χ3n) is 3.67. The molecule has 1 aromatic carbocycles. The minimum absolute atomic E-state index is 0.239. The van der Waals surface area contributed by atoms with Crippen LogP contribution in [0.4, 0.5) is 0 Å². The summed E-state index contributed by atoms with van der Waals surface area (Å²) in [5, 5.41) is 3.15. The maximum atomic E-state index is 11.9. The lowest BCUT2D eigenvalue weighted by molar-refractivity contribution is 0.0976. The third kappa shape index (κ3) is 1.76. The molecule has 0 bridgehead atoms. The smallest absolute Gasteiger partial charge is 0.174 e. The standard InChI is InChI=1S/C16H12N2OS/c19-14-7-3-6-13-15(14)20-16(18-13)12-9-17-8-10-4-1-2-5-11(10)12/h1-2,4-5,8-9H,3,6-7H2. The van der Waals surface area contributed by atoms with Gasteiger partial charge in [0.2, 0.25) is 0 Å². The van der Waals surface area contributed by atoms with E-state index in [1.54, 1.807) is 0 Å². The molecule has 0 spiro atoms. The number of carbonyl (C=O) groups is 1. The van der Waals surface area contributed by atoms with Gasteiger partial charge in [0, 0.05) is 29.8 Å². The normalized spacial score (nSPS) is 14.5. The topological polar surface area (TPSA) is 42.9 Å². The number of benzene rings is 1. The van der Waals surface area contributed by atoms with E-state index >= 15 is 0 Å². The number of carbonyl (C=O) groups excluding carboxylic acids is 1. The fourth-order valence-electron chi connectivity index (χ4n) is 2.67. The Morgan fingerprint density at radius 1 is 1.10 bits per heavy atom. The first-order valence-electron chi connectivity index (χ1n) is 6.69. The number of aryl methyl sites for hydroxylation is 1. The Bertz CT molecular complexity index is 817. The van der Waals surface area contributed by atoms with Gasteiger partial charge in [-0.2, -0.15) is 0 Å². The zero-order valence-electron chi connectivity index (χ0n) is 10.8. The maximum absolute atomic E-state index is 11.9. The highest BCUT2D eigenvalue weighted by atomic mass is 32.1. The van der Waals surface area contributed by atoms with Gasteiger partial charge in [-0.1, -0.05) is 24.3 Å². The monoisotopic (exact) mass is 280 g/mol. The lowest BCUT2D eigenvalue weighted by Gasteiger charge is -2.06. The van der Waals surface area contributed by atoms with Crippen LogP contribution >= 0.6 is 11.3 Å². The number of thiazole rings is 1. The summed E-state index contributed by atoms with van der Waals surface area (Å²) in [6.07, 6.45) is 6.19. The Balaban J connectivity index is 1.94. The second kappa shape index (κ2) is 4.49. The van der Waals surface area contributed by atoms with Gasteiger partial charge in [0.25, 0.3) is 0 Å². The number of rotatable bonds is 1. The van der Waals surface area contributed by atoms with Crippen LogP contribution in [0.1, 0.15) is 28.2 Å². The van der Waals surface area contributed by atoms with E-state index in [1.807, 2.05) is 30.6 Å². The Labute approximate surface area is 120 Å². The van der Waals surface area contributed by atoms with Crippen LogP contribution < -0.4 is 0 Å². The lowest BCUT2D eigenvalue weighted by Crippen LogP contribution is -2.07. The van der Waals surface area contributed by atoms with E-state index in [0.717, 1.165) is 44.8 Å². The van der Waals surface area contributed by atoms with Crippen molar-refractivity contribution in [3.8, 4) is 10.6 Å². The van der Waals surface area contributed by atoms with Crippen LogP contribution in [0, 0.1) is 0 Å². The predicted octanol–water partition coefficient (Wildman–Crippen LogP) is 3.88. The van der Waals surface area contributed by atoms with Gasteiger partial charge in [-0.05, 0) is 18.2 Å². The van der Waals surface area contributed by atoms with E-state index in [1.165, 1.54) is 11.3 Å². The van der Waals surface area contributed by atoms with Crippen LogP contribution in [0.3, 0.4) is 0 Å². The number of Topliss-reactive ketones (excluding diaryl/α,β-unsaturated/α-hetero) is 1. The summed E-state index contributed by atoms with van der Waals surface area (Å²) in [5.74, 6) is 0.239. The van der Waals surface area contributed by atoms with Gasteiger partial charge in [-0.3, -0.25) is 9.78 Å². The fraction of sp³-hybridized carbons (Fsp3) is 0.188. The quantitative estimate of drug-likeness (QED) is 0.679.